The molecule has 0 aliphatic carbocycles. The van der Waals surface area contributed by atoms with Gasteiger partial charge in [-0.15, -0.1) is 0 Å². The van der Waals surface area contributed by atoms with Crippen molar-refractivity contribution < 1.29 is 0 Å². The molecule has 0 saturated heterocycles. The minimum absolute atomic E-state index is 1.50. The summed E-state index contributed by atoms with van der Waals surface area (Å²) in [7, 11) is 11.2. The van der Waals surface area contributed by atoms with Crippen molar-refractivity contribution in [2.45, 2.75) is 0 Å². The van der Waals surface area contributed by atoms with Crippen molar-refractivity contribution in [3.8, 4) is 0 Å². The molecule has 0 aromatic carbocycles. The summed E-state index contributed by atoms with van der Waals surface area (Å²) in [5.74, 6) is 0. The zero-order valence-electron chi connectivity index (χ0n) is 7.52. The number of nitrogens with zero attached hydrogens (tertiary/aromatic N) is 1. The summed E-state index contributed by atoms with van der Waals surface area (Å²) in [5.41, 5.74) is 4.50. The zero-order chi connectivity index (χ0) is 8.28. The van der Waals surface area contributed by atoms with Crippen molar-refractivity contribution in [3.63, 3.8) is 0 Å². The Morgan fingerprint density at radius 3 is 1.00 bits per heavy atom. The molecule has 0 unspecified atom stereocenters. The van der Waals surface area contributed by atoms with E-state index in [1.54, 1.807) is 0 Å². The van der Waals surface area contributed by atoms with Crippen LogP contribution in [-0.4, -0.2) is 47.2 Å². The van der Waals surface area contributed by atoms with Crippen molar-refractivity contribution in [3.05, 3.63) is 0 Å². The van der Waals surface area contributed by atoms with Gasteiger partial charge in [-0.1, -0.05) is 0 Å². The predicted octanol–water partition coefficient (Wildman–Crippen LogP) is -0.412. The van der Waals surface area contributed by atoms with E-state index in [9.17, 15) is 0 Å². The molecule has 0 fully saturated rings. The lowest BCUT2D eigenvalue weighted by Gasteiger charge is -1.90. The second kappa shape index (κ2) is 24.8. The fourth-order valence-electron chi connectivity index (χ4n) is 0. The van der Waals surface area contributed by atoms with Gasteiger partial charge in [-0.3, -0.25) is 0 Å². The largest absolute Gasteiger partial charge is 0.333 e. The van der Waals surface area contributed by atoms with E-state index in [2.05, 4.69) is 11.1 Å². The zero-order valence-corrected chi connectivity index (χ0v) is 7.52. The van der Waals surface area contributed by atoms with Gasteiger partial charge in [-0.05, 0) is 42.3 Å². The van der Waals surface area contributed by atoms with E-state index < -0.39 is 0 Å². The van der Waals surface area contributed by atoms with Crippen LogP contribution in [-0.2, 0) is 0 Å². The average molecular weight is 135 g/mol. The third-order valence-corrected chi connectivity index (χ3v) is 0. The molecule has 0 saturated carbocycles. The van der Waals surface area contributed by atoms with Crippen LogP contribution in [0.1, 0.15) is 0 Å². The van der Waals surface area contributed by atoms with Gasteiger partial charge in [0.2, 0.25) is 0 Å². The first-order valence-corrected chi connectivity index (χ1v) is 2.92. The summed E-state index contributed by atoms with van der Waals surface area (Å²) in [6, 6.07) is 0. The lowest BCUT2D eigenvalue weighted by atomic mass is 11.0. The summed E-state index contributed by atoms with van der Waals surface area (Å²) >= 11 is 0. The van der Waals surface area contributed by atoms with Crippen LogP contribution in [0.15, 0.2) is 0 Å². The third-order valence-electron chi connectivity index (χ3n) is 0. The lowest BCUT2D eigenvalue weighted by Crippen LogP contribution is -1.99. The summed E-state index contributed by atoms with van der Waals surface area (Å²) < 4.78 is 0. The summed E-state index contributed by atoms with van der Waals surface area (Å²) in [6.45, 7) is 0. The molecule has 0 aromatic heterocycles. The molecule has 0 rings (SSSR count). The maximum absolute atomic E-state index is 4.50. The molecule has 3 nitrogen and oxygen atoms in total. The minimum Gasteiger partial charge on any atom is -0.333 e. The highest BCUT2D eigenvalue weighted by Crippen LogP contribution is 1.47. The van der Waals surface area contributed by atoms with Gasteiger partial charge < -0.3 is 16.0 Å². The monoisotopic (exact) mass is 135 g/mol. The van der Waals surface area contributed by atoms with E-state index in [-0.39, 0.29) is 0 Å². The van der Waals surface area contributed by atoms with Crippen LogP contribution in [0.5, 0.6) is 0 Å². The average Bonchev–Trinajstić information content (AvgIpc) is 1.71. The van der Waals surface area contributed by atoms with Crippen molar-refractivity contribution >= 4 is 0 Å². The van der Waals surface area contributed by atoms with E-state index in [0.29, 0.717) is 0 Å². The Morgan fingerprint density at radius 2 is 1.00 bits per heavy atom. The minimum atomic E-state index is 1.50. The van der Waals surface area contributed by atoms with Crippen molar-refractivity contribution in [1.82, 2.24) is 10.2 Å². The Hall–Kier alpha value is -0.120. The highest BCUT2D eigenvalue weighted by atomic mass is 15.0. The van der Waals surface area contributed by atoms with Crippen molar-refractivity contribution in [2.75, 3.05) is 42.3 Å². The molecular formula is C6H21N3. The molecule has 0 heterocycles. The topological polar surface area (TPSA) is 41.3 Å². The fraction of sp³-hybridized carbons (Fsp3) is 1.00. The number of hydrogen-bond donors (Lipinski definition) is 2. The Labute approximate surface area is 59.2 Å². The Bertz CT molecular complexity index is 19.5. The number of nitrogens with one attached hydrogen (secondary N) is 1. The molecule has 0 bridgehead atoms. The lowest BCUT2D eigenvalue weighted by molar-refractivity contribution is 0.505. The van der Waals surface area contributed by atoms with Crippen LogP contribution in [0.3, 0.4) is 0 Å². The van der Waals surface area contributed by atoms with Gasteiger partial charge in [-0.25, -0.2) is 0 Å². The van der Waals surface area contributed by atoms with E-state index in [1.165, 1.54) is 7.05 Å². The van der Waals surface area contributed by atoms with Crippen molar-refractivity contribution in [1.29, 1.82) is 0 Å². The second-order valence-corrected chi connectivity index (χ2v) is 1.84. The Kier molecular flexibility index (Phi) is 43.9. The fourth-order valence-corrected chi connectivity index (χ4v) is 0. The molecular weight excluding hydrogens is 114 g/mol. The summed E-state index contributed by atoms with van der Waals surface area (Å²) in [5, 5.41) is 2.75. The second-order valence-electron chi connectivity index (χ2n) is 1.84. The standard InChI is InChI=1S/C3H9N.C2H7N.CH5N/c1-4(2)3;1-3-2;1-2/h1-3H3;3H,1-2H3;2H2,1H3. The van der Waals surface area contributed by atoms with Crippen LogP contribution in [0, 0.1) is 0 Å². The van der Waals surface area contributed by atoms with Crippen LogP contribution < -0.4 is 11.1 Å². The maximum atomic E-state index is 4.50. The highest BCUT2D eigenvalue weighted by Gasteiger charge is 1.58. The number of nitrogens with two attached hydrogens (primary N) is 1. The van der Waals surface area contributed by atoms with E-state index in [1.807, 2.05) is 40.1 Å². The van der Waals surface area contributed by atoms with Crippen LogP contribution >= 0.6 is 0 Å². The quantitative estimate of drug-likeness (QED) is 0.474. The van der Waals surface area contributed by atoms with Gasteiger partial charge in [0.1, 0.15) is 0 Å². The first-order valence-electron chi connectivity index (χ1n) is 2.92. The van der Waals surface area contributed by atoms with E-state index >= 15 is 0 Å². The van der Waals surface area contributed by atoms with Gasteiger partial charge in [0.15, 0.2) is 0 Å². The number of rotatable bonds is 0. The molecule has 0 aliphatic rings. The summed E-state index contributed by atoms with van der Waals surface area (Å²) in [4.78, 5) is 2.00. The molecule has 0 atom stereocenters. The maximum Gasteiger partial charge on any atom is -0.0140 e. The first kappa shape index (κ1) is 15.9. The predicted molar refractivity (Wildman–Crippen MR) is 44.7 cm³/mol. The molecule has 0 spiro atoms. The smallest absolute Gasteiger partial charge is 0.0140 e. The highest BCUT2D eigenvalue weighted by molar-refractivity contribution is 4.09. The van der Waals surface area contributed by atoms with Gasteiger partial charge in [-0.2, -0.15) is 0 Å². The van der Waals surface area contributed by atoms with Crippen LogP contribution in [0.4, 0.5) is 0 Å². The van der Waals surface area contributed by atoms with Gasteiger partial charge in [0, 0.05) is 0 Å². The van der Waals surface area contributed by atoms with Crippen molar-refractivity contribution in [2.24, 2.45) is 5.73 Å². The Balaban J connectivity index is -0.0000000646. The molecule has 3 N–H and O–H groups in total. The normalized spacial score (nSPS) is 6.67. The molecule has 0 radical (unpaired) electrons. The third kappa shape index (κ3) is 18900. The summed E-state index contributed by atoms with van der Waals surface area (Å²) in [6.07, 6.45) is 0. The first-order chi connectivity index (χ1) is 4.15. The molecule has 0 amide bonds. The number of hydrogen-bond acceptors (Lipinski definition) is 3. The van der Waals surface area contributed by atoms with Gasteiger partial charge in [0.25, 0.3) is 0 Å². The Morgan fingerprint density at radius 1 is 1.00 bits per heavy atom. The molecule has 9 heavy (non-hydrogen) atoms. The molecule has 0 aliphatic heterocycles. The molecule has 3 heteroatoms. The van der Waals surface area contributed by atoms with Gasteiger partial charge in [0.05, 0.1) is 0 Å². The van der Waals surface area contributed by atoms with E-state index in [0.717, 1.165) is 0 Å². The molecule has 60 valence electrons. The van der Waals surface area contributed by atoms with Gasteiger partial charge >= 0.3 is 0 Å². The SMILES string of the molecule is CN.CN(C)C.CNC. The van der Waals surface area contributed by atoms with E-state index in [4.69, 9.17) is 0 Å². The van der Waals surface area contributed by atoms with Crippen LogP contribution in [0.2, 0.25) is 0 Å². The van der Waals surface area contributed by atoms with Crippen LogP contribution in [0.25, 0.3) is 0 Å². The molecule has 0 aromatic rings.